The van der Waals surface area contributed by atoms with Gasteiger partial charge in [-0.3, -0.25) is 9.69 Å². The fraction of sp³-hybridized carbons (Fsp3) is 0.417. The molecule has 1 fully saturated rings. The van der Waals surface area contributed by atoms with Crippen molar-refractivity contribution in [3.63, 3.8) is 0 Å². The molecule has 2 aromatic carbocycles. The SMILES string of the molecule is CCOc1ccc(C(=O)NCCN2CCN(c3nc4cc(C)cc(C)c4s3)CC2)cc1. The van der Waals surface area contributed by atoms with Crippen LogP contribution in [0.5, 0.6) is 5.75 Å². The fourth-order valence-corrected chi connectivity index (χ4v) is 5.03. The van der Waals surface area contributed by atoms with Crippen LogP contribution in [0.25, 0.3) is 10.2 Å². The molecule has 4 rings (SSSR count). The van der Waals surface area contributed by atoms with Gasteiger partial charge in [0.1, 0.15) is 5.75 Å². The number of amides is 1. The number of rotatable bonds is 7. The van der Waals surface area contributed by atoms with E-state index in [1.54, 1.807) is 23.5 Å². The van der Waals surface area contributed by atoms with Gasteiger partial charge < -0.3 is 15.0 Å². The van der Waals surface area contributed by atoms with Crippen LogP contribution in [-0.4, -0.2) is 61.7 Å². The van der Waals surface area contributed by atoms with E-state index in [2.05, 4.69) is 41.1 Å². The number of carbonyl (C=O) groups excluding carboxylic acids is 1. The van der Waals surface area contributed by atoms with E-state index in [9.17, 15) is 4.79 Å². The van der Waals surface area contributed by atoms with Crippen LogP contribution in [0.2, 0.25) is 0 Å². The molecule has 1 saturated heterocycles. The van der Waals surface area contributed by atoms with E-state index >= 15 is 0 Å². The monoisotopic (exact) mass is 438 g/mol. The molecular formula is C24H30N4O2S. The minimum atomic E-state index is -0.0400. The van der Waals surface area contributed by atoms with Gasteiger partial charge in [0, 0.05) is 44.8 Å². The maximum Gasteiger partial charge on any atom is 0.251 e. The smallest absolute Gasteiger partial charge is 0.251 e. The summed E-state index contributed by atoms with van der Waals surface area (Å²) in [5.74, 6) is 0.747. The quantitative estimate of drug-likeness (QED) is 0.607. The first-order chi connectivity index (χ1) is 15.0. The second-order valence-corrected chi connectivity index (χ2v) is 8.95. The number of thiazole rings is 1. The molecule has 1 aliphatic heterocycles. The Morgan fingerprint density at radius 2 is 1.87 bits per heavy atom. The van der Waals surface area contributed by atoms with E-state index in [4.69, 9.17) is 9.72 Å². The number of carbonyl (C=O) groups is 1. The minimum Gasteiger partial charge on any atom is -0.494 e. The Morgan fingerprint density at radius 3 is 2.58 bits per heavy atom. The predicted molar refractivity (Wildman–Crippen MR) is 128 cm³/mol. The Balaban J connectivity index is 1.24. The zero-order valence-corrected chi connectivity index (χ0v) is 19.3. The van der Waals surface area contributed by atoms with Crippen LogP contribution in [0, 0.1) is 13.8 Å². The molecule has 1 N–H and O–H groups in total. The van der Waals surface area contributed by atoms with Crippen LogP contribution in [0.1, 0.15) is 28.4 Å². The lowest BCUT2D eigenvalue weighted by Gasteiger charge is -2.34. The highest BCUT2D eigenvalue weighted by Gasteiger charge is 2.20. The van der Waals surface area contributed by atoms with Crippen molar-refractivity contribution in [1.29, 1.82) is 0 Å². The summed E-state index contributed by atoms with van der Waals surface area (Å²) < 4.78 is 6.72. The van der Waals surface area contributed by atoms with Crippen molar-refractivity contribution in [2.24, 2.45) is 0 Å². The highest BCUT2D eigenvalue weighted by atomic mass is 32.1. The normalized spacial score (nSPS) is 14.7. The number of benzene rings is 2. The van der Waals surface area contributed by atoms with Crippen LogP contribution in [0.3, 0.4) is 0 Å². The van der Waals surface area contributed by atoms with E-state index in [1.807, 2.05) is 19.1 Å². The Morgan fingerprint density at radius 1 is 1.13 bits per heavy atom. The van der Waals surface area contributed by atoms with Gasteiger partial charge in [0.25, 0.3) is 5.91 Å². The largest absolute Gasteiger partial charge is 0.494 e. The topological polar surface area (TPSA) is 57.7 Å². The van der Waals surface area contributed by atoms with Crippen LogP contribution < -0.4 is 15.0 Å². The minimum absolute atomic E-state index is 0.0400. The van der Waals surface area contributed by atoms with Gasteiger partial charge >= 0.3 is 0 Å². The van der Waals surface area contributed by atoms with Crippen LogP contribution in [0.4, 0.5) is 5.13 Å². The van der Waals surface area contributed by atoms with Gasteiger partial charge in [-0.1, -0.05) is 17.4 Å². The van der Waals surface area contributed by atoms with Crippen molar-refractivity contribution >= 4 is 32.6 Å². The second kappa shape index (κ2) is 9.66. The summed E-state index contributed by atoms with van der Waals surface area (Å²) in [5, 5.41) is 4.14. The van der Waals surface area contributed by atoms with E-state index in [0.29, 0.717) is 18.7 Å². The number of aryl methyl sites for hydroxylation is 2. The van der Waals surface area contributed by atoms with Gasteiger partial charge in [-0.2, -0.15) is 0 Å². The maximum absolute atomic E-state index is 12.3. The number of nitrogens with zero attached hydrogens (tertiary/aromatic N) is 3. The molecule has 0 saturated carbocycles. The summed E-state index contributed by atoms with van der Waals surface area (Å²) in [5.41, 5.74) is 4.34. The molecule has 7 heteroatoms. The average molecular weight is 439 g/mol. The number of anilines is 1. The number of hydrogen-bond acceptors (Lipinski definition) is 6. The lowest BCUT2D eigenvalue weighted by molar-refractivity contribution is 0.0947. The number of piperazine rings is 1. The van der Waals surface area contributed by atoms with Gasteiger partial charge in [-0.25, -0.2) is 4.98 Å². The molecule has 0 spiro atoms. The maximum atomic E-state index is 12.3. The number of fused-ring (bicyclic) bond motifs is 1. The second-order valence-electron chi connectivity index (χ2n) is 7.97. The molecule has 6 nitrogen and oxygen atoms in total. The number of ether oxygens (including phenoxy) is 1. The van der Waals surface area contributed by atoms with Crippen molar-refractivity contribution in [2.75, 3.05) is 50.8 Å². The first-order valence-corrected chi connectivity index (χ1v) is 11.7. The number of hydrogen-bond donors (Lipinski definition) is 1. The Labute approximate surface area is 187 Å². The fourth-order valence-electron chi connectivity index (χ4n) is 3.96. The van der Waals surface area contributed by atoms with E-state index in [1.165, 1.54) is 15.8 Å². The van der Waals surface area contributed by atoms with Crippen molar-refractivity contribution in [2.45, 2.75) is 20.8 Å². The number of nitrogens with one attached hydrogen (secondary N) is 1. The highest BCUT2D eigenvalue weighted by Crippen LogP contribution is 2.32. The van der Waals surface area contributed by atoms with Crippen molar-refractivity contribution in [3.8, 4) is 5.75 Å². The lowest BCUT2D eigenvalue weighted by Crippen LogP contribution is -2.48. The number of aromatic nitrogens is 1. The molecule has 1 aromatic heterocycles. The molecule has 2 heterocycles. The zero-order chi connectivity index (χ0) is 21.8. The molecule has 3 aromatic rings. The van der Waals surface area contributed by atoms with Crippen molar-refractivity contribution in [3.05, 3.63) is 53.1 Å². The van der Waals surface area contributed by atoms with Gasteiger partial charge in [0.15, 0.2) is 5.13 Å². The van der Waals surface area contributed by atoms with Gasteiger partial charge in [-0.05, 0) is 62.2 Å². The average Bonchev–Trinajstić information content (AvgIpc) is 3.19. The molecule has 0 radical (unpaired) electrons. The third-order valence-electron chi connectivity index (χ3n) is 5.59. The van der Waals surface area contributed by atoms with E-state index in [0.717, 1.165) is 49.1 Å². The summed E-state index contributed by atoms with van der Waals surface area (Å²) in [4.78, 5) is 22.0. The zero-order valence-electron chi connectivity index (χ0n) is 18.5. The summed E-state index contributed by atoms with van der Waals surface area (Å²) in [6.07, 6.45) is 0. The molecule has 0 bridgehead atoms. The molecule has 164 valence electrons. The summed E-state index contributed by atoms with van der Waals surface area (Å²) in [7, 11) is 0. The van der Waals surface area contributed by atoms with Crippen molar-refractivity contribution in [1.82, 2.24) is 15.2 Å². The van der Waals surface area contributed by atoms with E-state index < -0.39 is 0 Å². The molecule has 31 heavy (non-hydrogen) atoms. The summed E-state index contributed by atoms with van der Waals surface area (Å²) in [6.45, 7) is 12.2. The third-order valence-corrected chi connectivity index (χ3v) is 6.86. The Bertz CT molecular complexity index is 1040. The van der Waals surface area contributed by atoms with Gasteiger partial charge in [0.2, 0.25) is 0 Å². The summed E-state index contributed by atoms with van der Waals surface area (Å²) >= 11 is 1.79. The predicted octanol–water partition coefficient (Wildman–Crippen LogP) is 3.86. The van der Waals surface area contributed by atoms with Gasteiger partial charge in [-0.15, -0.1) is 0 Å². The molecule has 0 atom stereocenters. The third kappa shape index (κ3) is 5.17. The van der Waals surface area contributed by atoms with Gasteiger partial charge in [0.05, 0.1) is 16.8 Å². The molecule has 0 aliphatic carbocycles. The van der Waals surface area contributed by atoms with E-state index in [-0.39, 0.29) is 5.91 Å². The van der Waals surface area contributed by atoms with Crippen molar-refractivity contribution < 1.29 is 9.53 Å². The highest BCUT2D eigenvalue weighted by molar-refractivity contribution is 7.22. The molecule has 1 aliphatic rings. The standard InChI is InChI=1S/C24H30N4O2S/c1-4-30-20-7-5-19(6-8-20)23(29)25-9-10-27-11-13-28(14-12-27)24-26-21-16-17(2)15-18(3)22(21)31-24/h5-8,15-16H,4,9-14H2,1-3H3,(H,25,29). The molecule has 0 unspecified atom stereocenters. The Kier molecular flexibility index (Phi) is 6.73. The lowest BCUT2D eigenvalue weighted by atomic mass is 10.1. The van der Waals surface area contributed by atoms with Crippen LogP contribution in [-0.2, 0) is 0 Å². The molecule has 1 amide bonds. The Hall–Kier alpha value is -2.64. The summed E-state index contributed by atoms with van der Waals surface area (Å²) in [6, 6.07) is 11.7. The molecular weight excluding hydrogens is 408 g/mol. The van der Waals surface area contributed by atoms with Crippen LogP contribution in [0.15, 0.2) is 36.4 Å². The van der Waals surface area contributed by atoms with Crippen LogP contribution >= 0.6 is 11.3 Å². The first-order valence-electron chi connectivity index (χ1n) is 10.9. The first kappa shape index (κ1) is 21.6.